The van der Waals surface area contributed by atoms with E-state index in [-0.39, 0.29) is 30.3 Å². The molecule has 0 saturated carbocycles. The maximum atomic E-state index is 14.4. The molecular weight excluding hydrogens is 525 g/mol. The third-order valence-corrected chi connectivity index (χ3v) is 8.70. The monoisotopic (exact) mass is 549 g/mol. The average Bonchev–Trinajstić information content (AvgIpc) is 3.50. The van der Waals surface area contributed by atoms with Gasteiger partial charge in [0, 0.05) is 17.3 Å². The van der Waals surface area contributed by atoms with E-state index in [9.17, 15) is 14.4 Å². The molecule has 3 aliphatic heterocycles. The number of fused-ring (bicyclic) bond motifs is 4. The number of amides is 3. The predicted molar refractivity (Wildman–Crippen MR) is 145 cm³/mol. The van der Waals surface area contributed by atoms with Gasteiger partial charge in [0.15, 0.2) is 0 Å². The van der Waals surface area contributed by atoms with Crippen molar-refractivity contribution in [3.05, 3.63) is 87.9 Å². The van der Waals surface area contributed by atoms with E-state index >= 15 is 0 Å². The second-order valence-corrected chi connectivity index (χ2v) is 10.7. The predicted octanol–water partition coefficient (Wildman–Crippen LogP) is 4.93. The third-order valence-electron chi connectivity index (χ3n) is 7.96. The third kappa shape index (κ3) is 3.42. The average molecular weight is 550 g/mol. The summed E-state index contributed by atoms with van der Waals surface area (Å²) in [5, 5.41) is 4.31. The first-order chi connectivity index (χ1) is 18.3. The van der Waals surface area contributed by atoms with Crippen LogP contribution in [0.5, 0.6) is 5.75 Å². The molecule has 194 valence electrons. The van der Waals surface area contributed by atoms with E-state index in [1.54, 1.807) is 48.4 Å². The number of carbonyl (C=O) groups is 3. The van der Waals surface area contributed by atoms with Gasteiger partial charge in [0.2, 0.25) is 11.8 Å². The summed E-state index contributed by atoms with van der Waals surface area (Å²) in [7, 11) is 1.56. The van der Waals surface area contributed by atoms with E-state index in [1.807, 2.05) is 37.3 Å². The van der Waals surface area contributed by atoms with Gasteiger partial charge in [-0.05, 0) is 54.4 Å². The molecule has 3 heterocycles. The van der Waals surface area contributed by atoms with Crippen LogP contribution in [0.3, 0.4) is 0 Å². The van der Waals surface area contributed by atoms with Crippen molar-refractivity contribution in [2.45, 2.75) is 31.5 Å². The van der Waals surface area contributed by atoms with Crippen LogP contribution in [0.1, 0.15) is 24.5 Å². The summed E-state index contributed by atoms with van der Waals surface area (Å²) in [5.74, 6) is -1.86. The Labute approximate surface area is 230 Å². The van der Waals surface area contributed by atoms with Crippen LogP contribution >= 0.6 is 23.2 Å². The molecule has 7 nitrogen and oxygen atoms in total. The molecule has 3 amide bonds. The van der Waals surface area contributed by atoms with Gasteiger partial charge >= 0.3 is 0 Å². The number of halogens is 2. The number of para-hydroxylation sites is 1. The summed E-state index contributed by atoms with van der Waals surface area (Å²) in [6, 6.07) is 19.2. The smallest absolute Gasteiger partial charge is 0.253 e. The van der Waals surface area contributed by atoms with Crippen molar-refractivity contribution >= 4 is 52.3 Å². The molecule has 0 bridgehead atoms. The Morgan fingerprint density at radius 2 is 1.68 bits per heavy atom. The standard InChI is InChI=1S/C29H25Cl2N3O4/c1-3-22-24-25(27(36)34(26(24)35)17-9-11-18(38-2)12-10-17)29(32-22)19-6-4-5-7-23(19)33(28(29)37)15-16-8-13-20(30)21(31)14-16/h4-14,22,24-25,32H,3,15H2,1-2H3/t22-,24-,25+,29-/m0/s1. The Kier molecular flexibility index (Phi) is 5.98. The van der Waals surface area contributed by atoms with Gasteiger partial charge in [0.05, 0.1) is 41.2 Å². The number of rotatable bonds is 5. The highest BCUT2D eigenvalue weighted by Crippen LogP contribution is 2.55. The minimum atomic E-state index is -1.36. The number of benzene rings is 3. The normalized spacial score (nSPS) is 25.9. The van der Waals surface area contributed by atoms with E-state index in [2.05, 4.69) is 5.32 Å². The summed E-state index contributed by atoms with van der Waals surface area (Å²) in [6.07, 6.45) is 0.584. The highest BCUT2D eigenvalue weighted by atomic mass is 35.5. The summed E-state index contributed by atoms with van der Waals surface area (Å²) >= 11 is 12.4. The number of hydrogen-bond donors (Lipinski definition) is 1. The number of anilines is 2. The van der Waals surface area contributed by atoms with Crippen LogP contribution in [0.15, 0.2) is 66.7 Å². The maximum absolute atomic E-state index is 14.4. The van der Waals surface area contributed by atoms with E-state index in [4.69, 9.17) is 27.9 Å². The van der Waals surface area contributed by atoms with Gasteiger partial charge in [0.1, 0.15) is 11.3 Å². The zero-order valence-electron chi connectivity index (χ0n) is 20.8. The lowest BCUT2D eigenvalue weighted by Crippen LogP contribution is -2.55. The molecule has 2 saturated heterocycles. The van der Waals surface area contributed by atoms with Crippen LogP contribution < -0.4 is 19.9 Å². The molecule has 0 unspecified atom stereocenters. The Balaban J connectivity index is 1.45. The maximum Gasteiger partial charge on any atom is 0.253 e. The van der Waals surface area contributed by atoms with Crippen molar-refractivity contribution in [2.24, 2.45) is 11.8 Å². The first-order valence-corrected chi connectivity index (χ1v) is 13.2. The number of nitrogens with one attached hydrogen (secondary N) is 1. The van der Waals surface area contributed by atoms with Crippen LogP contribution in [0.4, 0.5) is 11.4 Å². The molecule has 38 heavy (non-hydrogen) atoms. The van der Waals surface area contributed by atoms with Gasteiger partial charge in [-0.25, -0.2) is 4.90 Å². The van der Waals surface area contributed by atoms with Crippen molar-refractivity contribution in [3.63, 3.8) is 0 Å². The molecule has 2 fully saturated rings. The molecule has 3 aliphatic rings. The molecule has 1 spiro atoms. The minimum absolute atomic E-state index is 0.245. The Bertz CT molecular complexity index is 1480. The highest BCUT2D eigenvalue weighted by molar-refractivity contribution is 6.42. The molecule has 4 atom stereocenters. The fourth-order valence-electron chi connectivity index (χ4n) is 6.26. The largest absolute Gasteiger partial charge is 0.497 e. The quantitative estimate of drug-likeness (QED) is 0.456. The summed E-state index contributed by atoms with van der Waals surface area (Å²) in [6.45, 7) is 2.20. The summed E-state index contributed by atoms with van der Waals surface area (Å²) < 4.78 is 5.23. The number of imide groups is 1. The van der Waals surface area contributed by atoms with Crippen LogP contribution in [0.2, 0.25) is 10.0 Å². The highest BCUT2D eigenvalue weighted by Gasteiger charge is 2.71. The van der Waals surface area contributed by atoms with Gasteiger partial charge in [-0.2, -0.15) is 0 Å². The van der Waals surface area contributed by atoms with Crippen LogP contribution in [-0.4, -0.2) is 30.9 Å². The SMILES string of the molecule is CC[C@@H]1N[C@]2(C(=O)N(Cc3ccc(Cl)c(Cl)c3)c3ccccc32)[C@H]2C(=O)N(c3ccc(OC)cc3)C(=O)[C@@H]12. The number of hydrogen-bond acceptors (Lipinski definition) is 5. The number of carbonyl (C=O) groups excluding carboxylic acids is 3. The Morgan fingerprint density at radius 1 is 0.947 bits per heavy atom. The van der Waals surface area contributed by atoms with Gasteiger partial charge in [-0.15, -0.1) is 0 Å². The lowest BCUT2D eigenvalue weighted by atomic mass is 9.76. The Morgan fingerprint density at radius 3 is 2.37 bits per heavy atom. The molecule has 9 heteroatoms. The van der Waals surface area contributed by atoms with E-state index in [0.717, 1.165) is 5.56 Å². The van der Waals surface area contributed by atoms with E-state index in [0.29, 0.717) is 39.2 Å². The second-order valence-electron chi connectivity index (χ2n) is 9.84. The first kappa shape index (κ1) is 24.9. The molecule has 6 rings (SSSR count). The molecule has 0 radical (unpaired) electrons. The molecule has 3 aromatic carbocycles. The van der Waals surface area contributed by atoms with Gasteiger partial charge < -0.3 is 9.64 Å². The first-order valence-electron chi connectivity index (χ1n) is 12.5. The zero-order chi connectivity index (χ0) is 26.8. The van der Waals surface area contributed by atoms with Crippen molar-refractivity contribution in [3.8, 4) is 5.75 Å². The van der Waals surface area contributed by atoms with Gasteiger partial charge in [0.25, 0.3) is 5.91 Å². The topological polar surface area (TPSA) is 79.0 Å². The Hall–Kier alpha value is -3.39. The lowest BCUT2D eigenvalue weighted by Gasteiger charge is -2.30. The molecule has 3 aromatic rings. The molecule has 0 aliphatic carbocycles. The lowest BCUT2D eigenvalue weighted by molar-refractivity contribution is -0.132. The van der Waals surface area contributed by atoms with E-state index in [1.165, 1.54) is 4.90 Å². The van der Waals surface area contributed by atoms with Crippen LogP contribution in [0.25, 0.3) is 0 Å². The zero-order valence-corrected chi connectivity index (χ0v) is 22.3. The minimum Gasteiger partial charge on any atom is -0.497 e. The summed E-state index contributed by atoms with van der Waals surface area (Å²) in [4.78, 5) is 45.2. The van der Waals surface area contributed by atoms with Crippen molar-refractivity contribution in [2.75, 3.05) is 16.9 Å². The second kappa shape index (κ2) is 9.12. The van der Waals surface area contributed by atoms with E-state index < -0.39 is 17.4 Å². The van der Waals surface area contributed by atoms with Gasteiger partial charge in [-0.1, -0.05) is 54.4 Å². The fraction of sp³-hybridized carbons (Fsp3) is 0.276. The van der Waals surface area contributed by atoms with Crippen LogP contribution in [-0.2, 0) is 26.5 Å². The van der Waals surface area contributed by atoms with Crippen molar-refractivity contribution in [1.82, 2.24) is 5.32 Å². The van der Waals surface area contributed by atoms with Crippen molar-refractivity contribution < 1.29 is 19.1 Å². The van der Waals surface area contributed by atoms with Crippen molar-refractivity contribution in [1.29, 1.82) is 0 Å². The molecule has 1 N–H and O–H groups in total. The fourth-order valence-corrected chi connectivity index (χ4v) is 6.58. The summed E-state index contributed by atoms with van der Waals surface area (Å²) in [5.41, 5.74) is 1.32. The van der Waals surface area contributed by atoms with Crippen LogP contribution in [0, 0.1) is 11.8 Å². The number of ether oxygens (including phenoxy) is 1. The molecular formula is C29H25Cl2N3O4. The van der Waals surface area contributed by atoms with Gasteiger partial charge in [-0.3, -0.25) is 19.7 Å². The number of nitrogens with zero attached hydrogens (tertiary/aromatic N) is 2. The molecule has 0 aromatic heterocycles. The number of methoxy groups -OCH3 is 1.